The van der Waals surface area contributed by atoms with Crippen LogP contribution in [0.5, 0.6) is 0 Å². The van der Waals surface area contributed by atoms with Crippen LogP contribution in [0.4, 0.5) is 0 Å². The summed E-state index contributed by atoms with van der Waals surface area (Å²) >= 11 is 0. The van der Waals surface area contributed by atoms with E-state index >= 15 is 0 Å². The number of benzene rings is 1. The molecule has 1 rings (SSSR count). The Morgan fingerprint density at radius 1 is 1.24 bits per heavy atom. The van der Waals surface area contributed by atoms with Gasteiger partial charge in [-0.05, 0) is 23.6 Å². The lowest BCUT2D eigenvalue weighted by molar-refractivity contribution is 0.0201. The maximum Gasteiger partial charge on any atom is 0.338 e. The Morgan fingerprint density at radius 3 is 2.29 bits per heavy atom. The average molecular weight is 288 g/mol. The number of carbonyl (C=O) groups is 1. The highest BCUT2D eigenvalue weighted by Crippen LogP contribution is 2.23. The van der Waals surface area contributed by atoms with Crippen molar-refractivity contribution in [2.75, 3.05) is 0 Å². The molecular weight excluding hydrogens is 264 g/mol. The van der Waals surface area contributed by atoms with E-state index in [4.69, 9.17) is 4.74 Å². The molecule has 0 bridgehead atoms. The number of esters is 1. The number of hydrogen-bond donors (Lipinski definition) is 1. The minimum Gasteiger partial charge on any atom is -0.454 e. The average Bonchev–Trinajstić information content (AvgIpc) is 2.50. The predicted molar refractivity (Wildman–Crippen MR) is 85.0 cm³/mol. The summed E-state index contributed by atoms with van der Waals surface area (Å²) in [6.07, 6.45) is 0.347. The second-order valence-corrected chi connectivity index (χ2v) is 5.55. The fourth-order valence-electron chi connectivity index (χ4n) is 2.03. The van der Waals surface area contributed by atoms with Crippen LogP contribution >= 0.6 is 0 Å². The summed E-state index contributed by atoms with van der Waals surface area (Å²) in [5, 5.41) is 10.2. The van der Waals surface area contributed by atoms with Crippen molar-refractivity contribution < 1.29 is 14.6 Å². The van der Waals surface area contributed by atoms with Crippen LogP contribution in [-0.4, -0.2) is 23.3 Å². The van der Waals surface area contributed by atoms with Crippen LogP contribution < -0.4 is 0 Å². The van der Waals surface area contributed by atoms with Crippen molar-refractivity contribution in [1.82, 2.24) is 0 Å². The zero-order valence-electron chi connectivity index (χ0n) is 13.0. The third-order valence-corrected chi connectivity index (χ3v) is 3.46. The molecule has 0 aliphatic rings. The van der Waals surface area contributed by atoms with Crippen LogP contribution in [0.3, 0.4) is 0 Å². The summed E-state index contributed by atoms with van der Waals surface area (Å²) in [7, 11) is 0. The zero-order chi connectivity index (χ0) is 16.0. The van der Waals surface area contributed by atoms with Gasteiger partial charge < -0.3 is 9.84 Å². The molecule has 0 unspecified atom stereocenters. The van der Waals surface area contributed by atoms with Crippen molar-refractivity contribution in [3.63, 3.8) is 0 Å². The van der Waals surface area contributed by atoms with Gasteiger partial charge in [0.1, 0.15) is 6.10 Å². The molecule has 1 aromatic rings. The van der Waals surface area contributed by atoms with Crippen LogP contribution in [0, 0.1) is 11.8 Å². The molecule has 3 nitrogen and oxygen atoms in total. The third-order valence-electron chi connectivity index (χ3n) is 3.46. The molecule has 0 aliphatic heterocycles. The molecule has 3 heteroatoms. The predicted octanol–water partition coefficient (Wildman–Crippen LogP) is 3.61. The molecule has 21 heavy (non-hydrogen) atoms. The summed E-state index contributed by atoms with van der Waals surface area (Å²) in [4.78, 5) is 12.2. The topological polar surface area (TPSA) is 46.5 Å². The van der Waals surface area contributed by atoms with E-state index in [1.807, 2.05) is 26.8 Å². The SMILES string of the molecule is C=C[C@H](C)[C@H](O)C(=C)[C@@H](OC(=O)c1ccccc1)C(C)C. The fourth-order valence-corrected chi connectivity index (χ4v) is 2.03. The molecule has 0 amide bonds. The second-order valence-electron chi connectivity index (χ2n) is 5.55. The number of aliphatic hydroxyl groups is 1. The molecule has 0 spiro atoms. The fraction of sp³-hybridized carbons (Fsp3) is 0.389. The van der Waals surface area contributed by atoms with Crippen LogP contribution in [0.2, 0.25) is 0 Å². The number of rotatable bonds is 7. The van der Waals surface area contributed by atoms with Crippen LogP contribution in [0.15, 0.2) is 55.1 Å². The van der Waals surface area contributed by atoms with Gasteiger partial charge in [-0.1, -0.05) is 51.6 Å². The van der Waals surface area contributed by atoms with Crippen LogP contribution in [0.1, 0.15) is 31.1 Å². The lowest BCUT2D eigenvalue weighted by Crippen LogP contribution is -2.33. The minimum atomic E-state index is -0.779. The van der Waals surface area contributed by atoms with E-state index in [1.54, 1.807) is 30.3 Å². The van der Waals surface area contributed by atoms with Gasteiger partial charge in [-0.3, -0.25) is 0 Å². The Balaban J connectivity index is 2.86. The first-order valence-electron chi connectivity index (χ1n) is 7.13. The maximum atomic E-state index is 12.2. The Kier molecular flexibility index (Phi) is 6.38. The largest absolute Gasteiger partial charge is 0.454 e. The van der Waals surface area contributed by atoms with E-state index in [2.05, 4.69) is 13.2 Å². The highest BCUT2D eigenvalue weighted by molar-refractivity contribution is 5.89. The first-order chi connectivity index (χ1) is 9.88. The zero-order valence-corrected chi connectivity index (χ0v) is 13.0. The van der Waals surface area contributed by atoms with Crippen molar-refractivity contribution in [1.29, 1.82) is 0 Å². The molecule has 0 aliphatic carbocycles. The molecular formula is C18H24O3. The molecule has 0 saturated heterocycles. The number of aliphatic hydroxyl groups excluding tert-OH is 1. The smallest absolute Gasteiger partial charge is 0.338 e. The molecule has 114 valence electrons. The Morgan fingerprint density at radius 2 is 1.81 bits per heavy atom. The van der Waals surface area contributed by atoms with Crippen LogP contribution in [-0.2, 0) is 4.74 Å². The molecule has 0 fully saturated rings. The number of carbonyl (C=O) groups excluding carboxylic acids is 1. The summed E-state index contributed by atoms with van der Waals surface area (Å²) in [6, 6.07) is 8.80. The van der Waals surface area contributed by atoms with E-state index in [0.29, 0.717) is 11.1 Å². The van der Waals surface area contributed by atoms with Crippen molar-refractivity contribution in [3.05, 3.63) is 60.7 Å². The summed E-state index contributed by atoms with van der Waals surface area (Å²) in [5.74, 6) is -0.528. The van der Waals surface area contributed by atoms with E-state index in [1.165, 1.54) is 0 Å². The minimum absolute atomic E-state index is 0.0248. The molecule has 1 aromatic carbocycles. The first-order valence-corrected chi connectivity index (χ1v) is 7.13. The van der Waals surface area contributed by atoms with Gasteiger partial charge in [-0.2, -0.15) is 0 Å². The van der Waals surface area contributed by atoms with Crippen molar-refractivity contribution in [2.24, 2.45) is 11.8 Å². The van der Waals surface area contributed by atoms with E-state index in [0.717, 1.165) is 0 Å². The van der Waals surface area contributed by atoms with Gasteiger partial charge in [-0.15, -0.1) is 6.58 Å². The van der Waals surface area contributed by atoms with E-state index < -0.39 is 18.2 Å². The van der Waals surface area contributed by atoms with E-state index in [-0.39, 0.29) is 11.8 Å². The summed E-state index contributed by atoms with van der Waals surface area (Å²) in [6.45, 7) is 13.3. The van der Waals surface area contributed by atoms with Gasteiger partial charge in [0.15, 0.2) is 0 Å². The monoisotopic (exact) mass is 288 g/mol. The highest BCUT2D eigenvalue weighted by Gasteiger charge is 2.28. The Labute approximate surface area is 127 Å². The van der Waals surface area contributed by atoms with Crippen molar-refractivity contribution in [3.8, 4) is 0 Å². The normalized spacial score (nSPS) is 15.1. The molecule has 3 atom stereocenters. The van der Waals surface area contributed by atoms with Crippen LogP contribution in [0.25, 0.3) is 0 Å². The maximum absolute atomic E-state index is 12.2. The molecule has 0 saturated carbocycles. The molecule has 0 heterocycles. The van der Waals surface area contributed by atoms with Gasteiger partial charge >= 0.3 is 5.97 Å². The van der Waals surface area contributed by atoms with Gasteiger partial charge in [0.2, 0.25) is 0 Å². The number of ether oxygens (including phenoxy) is 1. The quantitative estimate of drug-likeness (QED) is 0.616. The standard InChI is InChI=1S/C18H24O3/c1-6-13(4)16(19)14(5)17(12(2)3)21-18(20)15-10-8-7-9-11-15/h6-13,16-17,19H,1,5H2,2-4H3/t13-,16-,17-/m0/s1. The Bertz CT molecular complexity index is 490. The lowest BCUT2D eigenvalue weighted by Gasteiger charge is -2.28. The second kappa shape index (κ2) is 7.79. The summed E-state index contributed by atoms with van der Waals surface area (Å²) in [5.41, 5.74) is 0.990. The number of hydrogen-bond acceptors (Lipinski definition) is 3. The lowest BCUT2D eigenvalue weighted by atomic mass is 9.90. The van der Waals surface area contributed by atoms with Gasteiger partial charge in [0, 0.05) is 5.92 Å². The van der Waals surface area contributed by atoms with Crippen molar-refractivity contribution in [2.45, 2.75) is 33.0 Å². The van der Waals surface area contributed by atoms with E-state index in [9.17, 15) is 9.90 Å². The summed E-state index contributed by atoms with van der Waals surface area (Å²) < 4.78 is 5.54. The highest BCUT2D eigenvalue weighted by atomic mass is 16.5. The Hall–Kier alpha value is -1.87. The van der Waals surface area contributed by atoms with Gasteiger partial charge in [0.25, 0.3) is 0 Å². The van der Waals surface area contributed by atoms with Crippen molar-refractivity contribution >= 4 is 5.97 Å². The molecule has 0 radical (unpaired) electrons. The molecule has 0 aromatic heterocycles. The first kappa shape index (κ1) is 17.2. The van der Waals surface area contributed by atoms with Gasteiger partial charge in [-0.25, -0.2) is 4.79 Å². The third kappa shape index (κ3) is 4.57. The van der Waals surface area contributed by atoms with Gasteiger partial charge in [0.05, 0.1) is 11.7 Å². The molecule has 1 N–H and O–H groups in total.